The van der Waals surface area contributed by atoms with Crippen molar-refractivity contribution in [2.75, 3.05) is 24.9 Å². The standard InChI is InChI=1S/C25H23F2N5O3/c1-34-21-12-7-18(13-22(21)35-2)23(33)32-25(29-15-17-5-10-20(27)11-6-17)30-24(31-32)28-14-16-3-8-19(26)9-4-16/h3-13H,14-15H2,1-2H3,(H2,28,29,30,31). The number of halogens is 2. The van der Waals surface area contributed by atoms with Crippen LogP contribution >= 0.6 is 0 Å². The molecule has 10 heteroatoms. The van der Waals surface area contributed by atoms with E-state index in [1.54, 1.807) is 42.5 Å². The Balaban J connectivity index is 1.60. The molecule has 0 radical (unpaired) electrons. The minimum absolute atomic E-state index is 0.190. The topological polar surface area (TPSA) is 90.3 Å². The number of hydrogen-bond donors (Lipinski definition) is 2. The molecule has 180 valence electrons. The van der Waals surface area contributed by atoms with E-state index in [0.717, 1.165) is 15.8 Å². The van der Waals surface area contributed by atoms with Gasteiger partial charge in [-0.25, -0.2) is 8.78 Å². The average molecular weight is 479 g/mol. The van der Waals surface area contributed by atoms with Crippen molar-refractivity contribution in [3.8, 4) is 11.5 Å². The lowest BCUT2D eigenvalue weighted by Crippen LogP contribution is -2.18. The Morgan fingerprint density at radius 1 is 0.829 bits per heavy atom. The Morgan fingerprint density at radius 3 is 1.97 bits per heavy atom. The molecule has 0 atom stereocenters. The predicted molar refractivity (Wildman–Crippen MR) is 127 cm³/mol. The zero-order valence-corrected chi connectivity index (χ0v) is 19.1. The highest BCUT2D eigenvalue weighted by molar-refractivity contribution is 5.97. The molecular formula is C25H23F2N5O3. The van der Waals surface area contributed by atoms with Gasteiger partial charge in [-0.05, 0) is 53.6 Å². The summed E-state index contributed by atoms with van der Waals surface area (Å²) in [4.78, 5) is 17.7. The van der Waals surface area contributed by atoms with Crippen LogP contribution in [0.5, 0.6) is 11.5 Å². The maximum Gasteiger partial charge on any atom is 0.281 e. The van der Waals surface area contributed by atoms with E-state index in [-0.39, 0.29) is 30.1 Å². The molecule has 0 aliphatic rings. The van der Waals surface area contributed by atoms with Gasteiger partial charge in [0, 0.05) is 18.7 Å². The van der Waals surface area contributed by atoms with Crippen LogP contribution in [0.3, 0.4) is 0 Å². The number of nitrogens with one attached hydrogen (secondary N) is 2. The summed E-state index contributed by atoms with van der Waals surface area (Å²) in [6, 6.07) is 16.8. The Labute approximate surface area is 200 Å². The highest BCUT2D eigenvalue weighted by atomic mass is 19.1. The van der Waals surface area contributed by atoms with E-state index in [2.05, 4.69) is 20.7 Å². The Kier molecular flexibility index (Phi) is 7.20. The molecular weight excluding hydrogens is 456 g/mol. The molecule has 4 aromatic rings. The lowest BCUT2D eigenvalue weighted by atomic mass is 10.2. The van der Waals surface area contributed by atoms with E-state index in [4.69, 9.17) is 9.47 Å². The summed E-state index contributed by atoms with van der Waals surface area (Å²) in [7, 11) is 2.99. The zero-order chi connectivity index (χ0) is 24.8. The van der Waals surface area contributed by atoms with Crippen LogP contribution in [-0.2, 0) is 13.1 Å². The van der Waals surface area contributed by atoms with Crippen molar-refractivity contribution in [2.24, 2.45) is 0 Å². The number of methoxy groups -OCH3 is 2. The van der Waals surface area contributed by atoms with Gasteiger partial charge in [0.2, 0.25) is 11.9 Å². The maximum atomic E-state index is 13.3. The molecule has 0 saturated heterocycles. The fourth-order valence-corrected chi connectivity index (χ4v) is 3.30. The smallest absolute Gasteiger partial charge is 0.281 e. The third kappa shape index (κ3) is 5.72. The highest BCUT2D eigenvalue weighted by Gasteiger charge is 2.20. The Morgan fingerprint density at radius 2 is 1.40 bits per heavy atom. The molecule has 0 saturated carbocycles. The van der Waals surface area contributed by atoms with Gasteiger partial charge in [0.25, 0.3) is 5.91 Å². The van der Waals surface area contributed by atoms with E-state index >= 15 is 0 Å². The van der Waals surface area contributed by atoms with E-state index < -0.39 is 5.91 Å². The van der Waals surface area contributed by atoms with Crippen LogP contribution in [0, 0.1) is 11.6 Å². The van der Waals surface area contributed by atoms with Gasteiger partial charge in [-0.2, -0.15) is 9.67 Å². The number of rotatable bonds is 9. The lowest BCUT2D eigenvalue weighted by molar-refractivity contribution is 0.0947. The van der Waals surface area contributed by atoms with Gasteiger partial charge in [0.05, 0.1) is 14.2 Å². The summed E-state index contributed by atoms with van der Waals surface area (Å²) in [5, 5.41) is 10.4. The molecule has 0 aliphatic heterocycles. The van der Waals surface area contributed by atoms with Crippen molar-refractivity contribution >= 4 is 17.8 Å². The van der Waals surface area contributed by atoms with Crippen molar-refractivity contribution in [1.29, 1.82) is 0 Å². The first-order chi connectivity index (χ1) is 17.0. The predicted octanol–water partition coefficient (Wildman–Crippen LogP) is 4.49. The first-order valence-corrected chi connectivity index (χ1v) is 10.7. The molecule has 0 fully saturated rings. The van der Waals surface area contributed by atoms with Crippen molar-refractivity contribution in [2.45, 2.75) is 13.1 Å². The maximum absolute atomic E-state index is 13.3. The molecule has 0 unspecified atom stereocenters. The molecule has 35 heavy (non-hydrogen) atoms. The summed E-state index contributed by atoms with van der Waals surface area (Å²) in [6.45, 7) is 0.613. The Hall–Kier alpha value is -4.47. The number of aromatic nitrogens is 3. The second-order valence-corrected chi connectivity index (χ2v) is 7.51. The number of carbonyl (C=O) groups excluding carboxylic acids is 1. The molecule has 0 spiro atoms. The minimum Gasteiger partial charge on any atom is -0.493 e. The molecule has 3 aromatic carbocycles. The molecule has 4 rings (SSSR count). The number of carbonyl (C=O) groups is 1. The summed E-state index contributed by atoms with van der Waals surface area (Å²) in [5.74, 6) is 0.153. The molecule has 0 amide bonds. The lowest BCUT2D eigenvalue weighted by Gasteiger charge is -2.10. The quantitative estimate of drug-likeness (QED) is 0.366. The van der Waals surface area contributed by atoms with E-state index in [0.29, 0.717) is 23.6 Å². The number of nitrogens with zero attached hydrogens (tertiary/aromatic N) is 3. The Bertz CT molecular complexity index is 1310. The SMILES string of the molecule is COc1ccc(C(=O)n2nc(NCc3ccc(F)cc3)nc2NCc2ccc(F)cc2)cc1OC. The molecule has 1 heterocycles. The first kappa shape index (κ1) is 23.7. The van der Waals surface area contributed by atoms with Gasteiger partial charge in [-0.15, -0.1) is 5.10 Å². The fraction of sp³-hybridized carbons (Fsp3) is 0.160. The van der Waals surface area contributed by atoms with Crippen LogP contribution in [0.25, 0.3) is 0 Å². The summed E-state index contributed by atoms with van der Waals surface area (Å²) in [5.41, 5.74) is 1.91. The summed E-state index contributed by atoms with van der Waals surface area (Å²) in [6.07, 6.45) is 0. The van der Waals surface area contributed by atoms with E-state index in [1.165, 1.54) is 38.5 Å². The zero-order valence-electron chi connectivity index (χ0n) is 19.1. The number of benzene rings is 3. The molecule has 0 bridgehead atoms. The summed E-state index contributed by atoms with van der Waals surface area (Å²) < 4.78 is 38.1. The number of ether oxygens (including phenoxy) is 2. The van der Waals surface area contributed by atoms with Crippen LogP contribution < -0.4 is 20.1 Å². The van der Waals surface area contributed by atoms with Crippen LogP contribution in [0.2, 0.25) is 0 Å². The van der Waals surface area contributed by atoms with Crippen molar-refractivity contribution in [1.82, 2.24) is 14.8 Å². The normalized spacial score (nSPS) is 10.6. The van der Waals surface area contributed by atoms with Gasteiger partial charge in [0.15, 0.2) is 11.5 Å². The molecule has 1 aromatic heterocycles. The van der Waals surface area contributed by atoms with E-state index in [9.17, 15) is 13.6 Å². The molecule has 2 N–H and O–H groups in total. The second kappa shape index (κ2) is 10.6. The van der Waals surface area contributed by atoms with Crippen LogP contribution in [0.4, 0.5) is 20.7 Å². The van der Waals surface area contributed by atoms with Crippen molar-refractivity contribution in [3.63, 3.8) is 0 Å². The number of hydrogen-bond acceptors (Lipinski definition) is 7. The largest absolute Gasteiger partial charge is 0.493 e. The van der Waals surface area contributed by atoms with Gasteiger partial charge >= 0.3 is 0 Å². The fourth-order valence-electron chi connectivity index (χ4n) is 3.30. The van der Waals surface area contributed by atoms with Gasteiger partial charge in [-0.3, -0.25) is 4.79 Å². The van der Waals surface area contributed by atoms with Crippen LogP contribution in [0.1, 0.15) is 21.5 Å². The van der Waals surface area contributed by atoms with Crippen LogP contribution in [0.15, 0.2) is 66.7 Å². The van der Waals surface area contributed by atoms with Crippen molar-refractivity contribution < 1.29 is 23.0 Å². The second-order valence-electron chi connectivity index (χ2n) is 7.51. The third-order valence-electron chi connectivity index (χ3n) is 5.16. The average Bonchev–Trinajstić information content (AvgIpc) is 3.30. The van der Waals surface area contributed by atoms with Crippen LogP contribution in [-0.4, -0.2) is 34.9 Å². The van der Waals surface area contributed by atoms with Crippen molar-refractivity contribution in [3.05, 3.63) is 95.1 Å². The molecule has 0 aliphatic carbocycles. The van der Waals surface area contributed by atoms with E-state index in [1.807, 2.05) is 0 Å². The monoisotopic (exact) mass is 479 g/mol. The number of anilines is 2. The molecule has 8 nitrogen and oxygen atoms in total. The van der Waals surface area contributed by atoms with Gasteiger partial charge in [0.1, 0.15) is 11.6 Å². The third-order valence-corrected chi connectivity index (χ3v) is 5.16. The highest BCUT2D eigenvalue weighted by Crippen LogP contribution is 2.28. The first-order valence-electron chi connectivity index (χ1n) is 10.7. The minimum atomic E-state index is -0.449. The van der Waals surface area contributed by atoms with Gasteiger partial charge < -0.3 is 20.1 Å². The summed E-state index contributed by atoms with van der Waals surface area (Å²) >= 11 is 0. The van der Waals surface area contributed by atoms with Gasteiger partial charge in [-0.1, -0.05) is 24.3 Å².